The number of benzene rings is 1. The SMILES string of the molecule is CC[C@H](C[C@H](O)[C@@H](N)CN1CC(=O)N(c2cc(F)ccc2C)CC1(C)C)C(=O)NC1[C@H]2CC3C[C@H]1CC(O)(C3)C2.O=C(O)/C=C/C(=O)O. The molecular formula is C35H51FN4O8. The van der Waals surface area contributed by atoms with Gasteiger partial charge in [0.25, 0.3) is 0 Å². The molecule has 13 heteroatoms. The summed E-state index contributed by atoms with van der Waals surface area (Å²) in [6.07, 6.45) is 5.68. The lowest BCUT2D eigenvalue weighted by atomic mass is 9.52. The highest BCUT2D eigenvalue weighted by Gasteiger charge is 2.55. The van der Waals surface area contributed by atoms with Crippen LogP contribution in [0.4, 0.5) is 10.1 Å². The molecule has 4 aliphatic carbocycles. The van der Waals surface area contributed by atoms with Crippen LogP contribution in [-0.2, 0) is 19.2 Å². The van der Waals surface area contributed by atoms with Crippen molar-refractivity contribution in [3.63, 3.8) is 0 Å². The predicted molar refractivity (Wildman–Crippen MR) is 176 cm³/mol. The maximum absolute atomic E-state index is 13.9. The number of nitrogens with one attached hydrogen (secondary N) is 1. The Bertz CT molecular complexity index is 1370. The Kier molecular flexibility index (Phi) is 11.7. The molecule has 0 radical (unpaired) electrons. The minimum atomic E-state index is -1.26. The van der Waals surface area contributed by atoms with Crippen molar-refractivity contribution in [3.8, 4) is 0 Å². The lowest BCUT2D eigenvalue weighted by Crippen LogP contribution is -2.64. The van der Waals surface area contributed by atoms with Crippen LogP contribution in [0.3, 0.4) is 0 Å². The number of rotatable bonds is 11. The third-order valence-electron chi connectivity index (χ3n) is 10.7. The van der Waals surface area contributed by atoms with Gasteiger partial charge in [-0.25, -0.2) is 14.0 Å². The number of nitrogens with two attached hydrogens (primary N) is 1. The van der Waals surface area contributed by atoms with Gasteiger partial charge in [-0.2, -0.15) is 0 Å². The fourth-order valence-electron chi connectivity index (χ4n) is 8.39. The molecule has 0 spiro atoms. The summed E-state index contributed by atoms with van der Waals surface area (Å²) >= 11 is 0. The molecule has 2 amide bonds. The van der Waals surface area contributed by atoms with Gasteiger partial charge in [-0.05, 0) is 101 Å². The molecule has 0 aromatic heterocycles. The molecular weight excluding hydrogens is 623 g/mol. The summed E-state index contributed by atoms with van der Waals surface area (Å²) < 4.78 is 13.9. The van der Waals surface area contributed by atoms with Crippen LogP contribution in [0.1, 0.15) is 71.3 Å². The average molecular weight is 675 g/mol. The molecule has 1 saturated heterocycles. The number of hydrogen-bond acceptors (Lipinski definition) is 8. The number of carboxylic acid groups (broad SMARTS) is 2. The van der Waals surface area contributed by atoms with Gasteiger partial charge in [-0.3, -0.25) is 14.5 Å². The van der Waals surface area contributed by atoms with Crippen LogP contribution < -0.4 is 16.0 Å². The molecule has 48 heavy (non-hydrogen) atoms. The summed E-state index contributed by atoms with van der Waals surface area (Å²) in [5.41, 5.74) is 6.90. The van der Waals surface area contributed by atoms with Crippen LogP contribution in [0.5, 0.6) is 0 Å². The molecule has 266 valence electrons. The molecule has 12 nitrogen and oxygen atoms in total. The van der Waals surface area contributed by atoms with Crippen LogP contribution in [0.15, 0.2) is 30.4 Å². The van der Waals surface area contributed by atoms with E-state index in [1.165, 1.54) is 12.1 Å². The first-order chi connectivity index (χ1) is 22.4. The fraction of sp³-hybridized carbons (Fsp3) is 0.657. The van der Waals surface area contributed by atoms with E-state index in [4.69, 9.17) is 15.9 Å². The summed E-state index contributed by atoms with van der Waals surface area (Å²) in [5, 5.41) is 40.9. The normalized spacial score (nSPS) is 29.6. The number of amides is 2. The molecule has 1 heterocycles. The van der Waals surface area contributed by atoms with Gasteiger partial charge in [0.15, 0.2) is 0 Å². The number of hydrogen-bond donors (Lipinski definition) is 6. The van der Waals surface area contributed by atoms with Crippen LogP contribution in [0.2, 0.25) is 0 Å². The van der Waals surface area contributed by atoms with Gasteiger partial charge in [-0.15, -0.1) is 0 Å². The highest BCUT2D eigenvalue weighted by atomic mass is 19.1. The van der Waals surface area contributed by atoms with Crippen molar-refractivity contribution >= 4 is 29.4 Å². The maximum atomic E-state index is 13.9. The van der Waals surface area contributed by atoms with Crippen LogP contribution in [0.25, 0.3) is 0 Å². The largest absolute Gasteiger partial charge is 0.478 e. The quantitative estimate of drug-likeness (QED) is 0.190. The van der Waals surface area contributed by atoms with Crippen LogP contribution in [-0.4, -0.2) is 98.0 Å². The highest BCUT2D eigenvalue weighted by molar-refractivity contribution is 5.96. The lowest BCUT2D eigenvalue weighted by molar-refractivity contribution is -0.148. The van der Waals surface area contributed by atoms with E-state index < -0.39 is 35.2 Å². The van der Waals surface area contributed by atoms with Gasteiger partial charge in [0.05, 0.1) is 18.2 Å². The van der Waals surface area contributed by atoms with Crippen molar-refractivity contribution in [3.05, 3.63) is 41.7 Å². The first kappa shape index (κ1) is 37.4. The van der Waals surface area contributed by atoms with Gasteiger partial charge in [-0.1, -0.05) is 13.0 Å². The number of halogens is 1. The second-order valence-electron chi connectivity index (χ2n) is 14.9. The maximum Gasteiger partial charge on any atom is 0.328 e. The Morgan fingerprint density at radius 2 is 1.71 bits per heavy atom. The van der Waals surface area contributed by atoms with Gasteiger partial charge < -0.3 is 36.4 Å². The third kappa shape index (κ3) is 8.99. The first-order valence-corrected chi connectivity index (χ1v) is 16.8. The van der Waals surface area contributed by atoms with Gasteiger partial charge in [0.1, 0.15) is 5.82 Å². The Morgan fingerprint density at radius 3 is 2.25 bits per heavy atom. The van der Waals surface area contributed by atoms with E-state index in [1.807, 2.05) is 32.6 Å². The van der Waals surface area contributed by atoms with Crippen molar-refractivity contribution in [1.29, 1.82) is 0 Å². The summed E-state index contributed by atoms with van der Waals surface area (Å²) in [5.74, 6) is -2.18. The molecule has 7 N–H and O–H groups in total. The minimum absolute atomic E-state index is 0.0344. The predicted octanol–water partition coefficient (Wildman–Crippen LogP) is 2.43. The number of aliphatic hydroxyl groups is 2. The zero-order chi connectivity index (χ0) is 35.6. The Balaban J connectivity index is 0.000000579. The number of aryl methyl sites for hydroxylation is 1. The molecule has 4 bridgehead atoms. The number of piperazine rings is 1. The van der Waals surface area contributed by atoms with Crippen LogP contribution >= 0.6 is 0 Å². The molecule has 5 atom stereocenters. The monoisotopic (exact) mass is 674 g/mol. The number of aliphatic hydroxyl groups excluding tert-OH is 1. The van der Waals surface area contributed by atoms with E-state index in [0.717, 1.165) is 37.7 Å². The Labute approximate surface area is 281 Å². The number of nitrogens with zero attached hydrogens (tertiary/aromatic N) is 2. The summed E-state index contributed by atoms with van der Waals surface area (Å²) in [7, 11) is 0. The van der Waals surface area contributed by atoms with Crippen molar-refractivity contribution in [2.75, 3.05) is 24.5 Å². The van der Waals surface area contributed by atoms with Crippen molar-refractivity contribution in [2.24, 2.45) is 29.4 Å². The molecule has 1 aromatic rings. The van der Waals surface area contributed by atoms with Gasteiger partial charge >= 0.3 is 11.9 Å². The van der Waals surface area contributed by atoms with E-state index >= 15 is 0 Å². The van der Waals surface area contributed by atoms with Gasteiger partial charge in [0.2, 0.25) is 11.8 Å². The van der Waals surface area contributed by atoms with Crippen LogP contribution in [0, 0.1) is 36.4 Å². The Morgan fingerprint density at radius 1 is 1.10 bits per heavy atom. The molecule has 4 saturated carbocycles. The third-order valence-corrected chi connectivity index (χ3v) is 10.7. The van der Waals surface area contributed by atoms with Gasteiger partial charge in [0, 0.05) is 54.5 Å². The lowest BCUT2D eigenvalue weighted by Gasteiger charge is -2.58. The van der Waals surface area contributed by atoms with Crippen molar-refractivity contribution < 1.29 is 44.0 Å². The Hall–Kier alpha value is -3.39. The van der Waals surface area contributed by atoms with Crippen molar-refractivity contribution in [2.45, 2.75) is 102 Å². The number of carbonyl (C=O) groups is 4. The standard InChI is InChI=1S/C31H47FN4O4.C4H4O4/c1-5-20(29(39)34-28-21-8-19-9-22(28)14-31(40,12-19)13-21)10-26(37)24(33)15-35-16-27(38)36(17-30(35,3)4)25-11-23(32)7-6-18(25)2;5-3(6)1-2-4(7)8/h6-7,11,19-22,24,26,28,37,40H,5,8-10,12-17,33H2,1-4H3,(H,34,39);1-2H,(H,5,6)(H,7,8)/b;2-1+/t19?,20-,21+,22+,24+,26+,28?,31?;/m1./s1. The summed E-state index contributed by atoms with van der Waals surface area (Å²) in [6.45, 7) is 8.64. The number of carbonyl (C=O) groups excluding carboxylic acids is 2. The van der Waals surface area contributed by atoms with E-state index in [1.54, 1.807) is 11.0 Å². The highest BCUT2D eigenvalue weighted by Crippen LogP contribution is 2.55. The number of carboxylic acids is 2. The summed E-state index contributed by atoms with van der Waals surface area (Å²) in [6, 6.07) is 3.94. The second-order valence-corrected chi connectivity index (χ2v) is 14.9. The van der Waals surface area contributed by atoms with E-state index in [0.29, 0.717) is 55.1 Å². The second kappa shape index (κ2) is 15.0. The smallest absolute Gasteiger partial charge is 0.328 e. The molecule has 6 rings (SSSR count). The minimum Gasteiger partial charge on any atom is -0.478 e. The molecule has 1 aromatic carbocycles. The topological polar surface area (TPSA) is 194 Å². The first-order valence-electron chi connectivity index (χ1n) is 16.8. The van der Waals surface area contributed by atoms with E-state index in [2.05, 4.69) is 5.32 Å². The zero-order valence-corrected chi connectivity index (χ0v) is 28.3. The van der Waals surface area contributed by atoms with E-state index in [9.17, 15) is 33.8 Å². The molecule has 5 aliphatic rings. The molecule has 1 aliphatic heterocycles. The summed E-state index contributed by atoms with van der Waals surface area (Å²) in [4.78, 5) is 49.2. The zero-order valence-electron chi connectivity index (χ0n) is 28.3. The fourth-order valence-corrected chi connectivity index (χ4v) is 8.39. The number of aliphatic carboxylic acids is 2. The number of anilines is 1. The van der Waals surface area contributed by atoms with Crippen molar-refractivity contribution in [1.82, 2.24) is 10.2 Å². The molecule has 5 fully saturated rings. The average Bonchev–Trinajstić information content (AvgIpc) is 2.99. The molecule has 0 unspecified atom stereocenters. The van der Waals surface area contributed by atoms with E-state index in [-0.39, 0.29) is 42.6 Å².